The zero-order valence-electron chi connectivity index (χ0n) is 16.5. The van der Waals surface area contributed by atoms with Crippen LogP contribution in [-0.2, 0) is 0 Å². The minimum Gasteiger partial charge on any atom is -0.419 e. The lowest BCUT2D eigenvalue weighted by Gasteiger charge is -2.10. The fourth-order valence-corrected chi connectivity index (χ4v) is 4.19. The molecule has 30 heavy (non-hydrogen) atoms. The van der Waals surface area contributed by atoms with Crippen LogP contribution < -0.4 is 0 Å². The predicted octanol–water partition coefficient (Wildman–Crippen LogP) is 5.03. The number of hydrogen-bond acceptors (Lipinski definition) is 7. The first-order valence-corrected chi connectivity index (χ1v) is 10.6. The molecular formula is C21H19FN6OS. The summed E-state index contributed by atoms with van der Waals surface area (Å²) in [6.45, 7) is 3.86. The second-order valence-corrected chi connectivity index (χ2v) is 8.64. The average Bonchev–Trinajstić information content (AvgIpc) is 3.31. The Morgan fingerprint density at radius 2 is 1.90 bits per heavy atom. The van der Waals surface area contributed by atoms with Crippen LogP contribution in [-0.4, -0.2) is 29.9 Å². The molecule has 9 heteroatoms. The van der Waals surface area contributed by atoms with E-state index in [4.69, 9.17) is 4.42 Å². The van der Waals surface area contributed by atoms with Crippen LogP contribution in [0.5, 0.6) is 0 Å². The first kappa shape index (κ1) is 18.9. The molecule has 7 nitrogen and oxygen atoms in total. The largest absolute Gasteiger partial charge is 0.419 e. The number of thioether (sulfide) groups is 1. The Labute approximate surface area is 176 Å². The number of halogens is 1. The molecule has 1 saturated carbocycles. The van der Waals surface area contributed by atoms with E-state index in [2.05, 4.69) is 29.9 Å². The summed E-state index contributed by atoms with van der Waals surface area (Å²) in [6, 6.07) is 9.08. The molecule has 1 unspecified atom stereocenters. The number of aromatic nitrogens is 6. The van der Waals surface area contributed by atoms with Crippen LogP contribution in [0.1, 0.15) is 42.5 Å². The summed E-state index contributed by atoms with van der Waals surface area (Å²) >= 11 is 1.51. The smallest absolute Gasteiger partial charge is 0.250 e. The molecule has 1 aliphatic rings. The molecule has 3 aromatic heterocycles. The van der Waals surface area contributed by atoms with Crippen molar-refractivity contribution in [2.24, 2.45) is 0 Å². The molecule has 152 valence electrons. The van der Waals surface area contributed by atoms with Crippen molar-refractivity contribution >= 4 is 11.8 Å². The number of benzene rings is 1. The molecular weight excluding hydrogens is 403 g/mol. The zero-order valence-corrected chi connectivity index (χ0v) is 17.3. The van der Waals surface area contributed by atoms with Gasteiger partial charge in [0.1, 0.15) is 5.82 Å². The third-order valence-electron chi connectivity index (χ3n) is 4.94. The SMILES string of the molecule is Cc1ccc(F)c(-c2nnc(C(C)Sc3nnc(-c4ccncc4)n3C3CC3)o2)c1. The van der Waals surface area contributed by atoms with Gasteiger partial charge in [-0.25, -0.2) is 4.39 Å². The molecule has 1 aromatic carbocycles. The van der Waals surface area contributed by atoms with E-state index in [1.54, 1.807) is 24.5 Å². The van der Waals surface area contributed by atoms with E-state index in [1.165, 1.54) is 17.8 Å². The summed E-state index contributed by atoms with van der Waals surface area (Å²) in [4.78, 5) is 4.08. The maximum absolute atomic E-state index is 14.2. The van der Waals surface area contributed by atoms with Gasteiger partial charge >= 0.3 is 0 Å². The van der Waals surface area contributed by atoms with Gasteiger partial charge in [0.05, 0.1) is 10.8 Å². The van der Waals surface area contributed by atoms with Gasteiger partial charge in [-0.05, 0) is 51.0 Å². The highest BCUT2D eigenvalue weighted by atomic mass is 32.2. The molecule has 0 bridgehead atoms. The third-order valence-corrected chi connectivity index (χ3v) is 5.98. The van der Waals surface area contributed by atoms with E-state index in [-0.39, 0.29) is 17.0 Å². The minimum absolute atomic E-state index is 0.161. The molecule has 0 spiro atoms. The highest BCUT2D eigenvalue weighted by molar-refractivity contribution is 7.99. The van der Waals surface area contributed by atoms with Crippen molar-refractivity contribution in [3.05, 3.63) is 60.0 Å². The molecule has 3 heterocycles. The monoisotopic (exact) mass is 422 g/mol. The van der Waals surface area contributed by atoms with Crippen molar-refractivity contribution in [3.8, 4) is 22.8 Å². The Morgan fingerprint density at radius 3 is 2.67 bits per heavy atom. The molecule has 5 rings (SSSR count). The standard InChI is InChI=1S/C21H19FN6OS/c1-12-3-6-17(22)16(11-12)20-26-25-19(29-20)13(2)30-21-27-24-18(28(21)15-4-5-15)14-7-9-23-10-8-14/h3,6-11,13,15H,4-5H2,1-2H3. The van der Waals surface area contributed by atoms with Crippen LogP contribution in [0.2, 0.25) is 0 Å². The lowest BCUT2D eigenvalue weighted by atomic mass is 10.1. The first-order valence-electron chi connectivity index (χ1n) is 9.72. The molecule has 0 aliphatic heterocycles. The van der Waals surface area contributed by atoms with E-state index >= 15 is 0 Å². The van der Waals surface area contributed by atoms with Gasteiger partial charge in [-0.1, -0.05) is 23.4 Å². The number of hydrogen-bond donors (Lipinski definition) is 0. The van der Waals surface area contributed by atoms with Crippen LogP contribution in [0.15, 0.2) is 52.3 Å². The fourth-order valence-electron chi connectivity index (χ4n) is 3.24. The summed E-state index contributed by atoms with van der Waals surface area (Å²) in [7, 11) is 0. The summed E-state index contributed by atoms with van der Waals surface area (Å²) in [5.74, 6) is 1.06. The summed E-state index contributed by atoms with van der Waals surface area (Å²) < 4.78 is 22.1. The molecule has 1 fully saturated rings. The Morgan fingerprint density at radius 1 is 1.10 bits per heavy atom. The first-order chi connectivity index (χ1) is 14.6. The van der Waals surface area contributed by atoms with Gasteiger partial charge < -0.3 is 4.42 Å². The molecule has 1 atom stereocenters. The Kier molecular flexibility index (Phi) is 4.82. The van der Waals surface area contributed by atoms with Crippen LogP contribution >= 0.6 is 11.8 Å². The highest BCUT2D eigenvalue weighted by Crippen LogP contribution is 2.43. The Hall–Kier alpha value is -3.07. The van der Waals surface area contributed by atoms with Gasteiger partial charge in [0, 0.05) is 24.0 Å². The summed E-state index contributed by atoms with van der Waals surface area (Å²) in [5, 5.41) is 17.7. The van der Waals surface area contributed by atoms with Gasteiger partial charge in [0.2, 0.25) is 5.89 Å². The summed E-state index contributed by atoms with van der Waals surface area (Å²) in [6.07, 6.45) is 5.72. The normalized spacial score (nSPS) is 14.8. The van der Waals surface area contributed by atoms with E-state index in [0.717, 1.165) is 34.9 Å². The van der Waals surface area contributed by atoms with E-state index < -0.39 is 0 Å². The number of pyridine rings is 1. The number of nitrogens with zero attached hydrogens (tertiary/aromatic N) is 6. The quantitative estimate of drug-likeness (QED) is 0.403. The van der Waals surface area contributed by atoms with Crippen LogP contribution in [0.25, 0.3) is 22.8 Å². The second-order valence-electron chi connectivity index (χ2n) is 7.33. The lowest BCUT2D eigenvalue weighted by molar-refractivity contribution is 0.504. The van der Waals surface area contributed by atoms with Crippen molar-refractivity contribution in [2.45, 2.75) is 43.1 Å². The lowest BCUT2D eigenvalue weighted by Crippen LogP contribution is -2.01. The molecule has 0 saturated heterocycles. The fraction of sp³-hybridized carbons (Fsp3) is 0.286. The molecule has 0 radical (unpaired) electrons. The van der Waals surface area contributed by atoms with Gasteiger partial charge in [0.25, 0.3) is 5.89 Å². The Balaban J connectivity index is 1.41. The molecule has 0 amide bonds. The van der Waals surface area contributed by atoms with Crippen LogP contribution in [0, 0.1) is 12.7 Å². The maximum atomic E-state index is 14.2. The van der Waals surface area contributed by atoms with Crippen molar-refractivity contribution in [1.29, 1.82) is 0 Å². The summed E-state index contributed by atoms with van der Waals surface area (Å²) in [5.41, 5.74) is 2.22. The van der Waals surface area contributed by atoms with Crippen molar-refractivity contribution in [2.75, 3.05) is 0 Å². The maximum Gasteiger partial charge on any atom is 0.250 e. The van der Waals surface area contributed by atoms with Crippen LogP contribution in [0.3, 0.4) is 0 Å². The predicted molar refractivity (Wildman–Crippen MR) is 110 cm³/mol. The molecule has 0 N–H and O–H groups in total. The van der Waals surface area contributed by atoms with Crippen molar-refractivity contribution in [3.63, 3.8) is 0 Å². The van der Waals surface area contributed by atoms with Gasteiger partial charge in [-0.2, -0.15) is 0 Å². The highest BCUT2D eigenvalue weighted by Gasteiger charge is 2.31. The van der Waals surface area contributed by atoms with Crippen molar-refractivity contribution < 1.29 is 8.81 Å². The third kappa shape index (κ3) is 3.60. The molecule has 4 aromatic rings. The van der Waals surface area contributed by atoms with E-state index in [9.17, 15) is 4.39 Å². The molecule has 1 aliphatic carbocycles. The Bertz CT molecular complexity index is 1190. The minimum atomic E-state index is -0.383. The van der Waals surface area contributed by atoms with Crippen LogP contribution in [0.4, 0.5) is 4.39 Å². The van der Waals surface area contributed by atoms with E-state index in [0.29, 0.717) is 17.5 Å². The van der Waals surface area contributed by atoms with E-state index in [1.807, 2.05) is 26.0 Å². The van der Waals surface area contributed by atoms with Gasteiger partial charge in [-0.15, -0.1) is 20.4 Å². The van der Waals surface area contributed by atoms with Gasteiger partial charge in [-0.3, -0.25) is 9.55 Å². The number of rotatable bonds is 6. The zero-order chi connectivity index (χ0) is 20.7. The topological polar surface area (TPSA) is 82.5 Å². The van der Waals surface area contributed by atoms with Crippen molar-refractivity contribution in [1.82, 2.24) is 29.9 Å². The average molecular weight is 422 g/mol. The van der Waals surface area contributed by atoms with Gasteiger partial charge in [0.15, 0.2) is 11.0 Å². The number of aryl methyl sites for hydroxylation is 1. The second kappa shape index (κ2) is 7.64.